The van der Waals surface area contributed by atoms with Crippen LogP contribution in [0.3, 0.4) is 0 Å². The second-order valence-corrected chi connectivity index (χ2v) is 8.62. The molecule has 1 N–H and O–H groups in total. The Kier molecular flexibility index (Phi) is 6.84. The Labute approximate surface area is 164 Å². The van der Waals surface area contributed by atoms with Gasteiger partial charge in [0.2, 0.25) is 15.9 Å². The van der Waals surface area contributed by atoms with Crippen molar-refractivity contribution in [2.24, 2.45) is 0 Å². The summed E-state index contributed by atoms with van der Waals surface area (Å²) in [5.41, 5.74) is 2.17. The predicted octanol–water partition coefficient (Wildman–Crippen LogP) is 3.82. The summed E-state index contributed by atoms with van der Waals surface area (Å²) in [6, 6.07) is 11.0. The van der Waals surface area contributed by atoms with E-state index in [4.69, 9.17) is 11.6 Å². The van der Waals surface area contributed by atoms with Crippen molar-refractivity contribution >= 4 is 33.2 Å². The molecule has 5 nitrogen and oxygen atoms in total. The first-order valence-corrected chi connectivity index (χ1v) is 10.6. The van der Waals surface area contributed by atoms with Crippen LogP contribution in [-0.2, 0) is 14.8 Å². The highest BCUT2D eigenvalue weighted by molar-refractivity contribution is 7.92. The fraction of sp³-hybridized carbons (Fsp3) is 0.316. The van der Waals surface area contributed by atoms with Crippen molar-refractivity contribution in [2.75, 3.05) is 17.1 Å². The monoisotopic (exact) mass is 412 g/mol. The number of sulfonamides is 1. The first-order chi connectivity index (χ1) is 12.6. The van der Waals surface area contributed by atoms with Crippen molar-refractivity contribution in [1.82, 2.24) is 5.32 Å². The SMILES string of the molecule is CC[C@H](NC(=O)CN(c1ccc(F)c(Cl)c1)S(C)(=O)=O)c1ccc(C)cc1. The number of aryl methyl sites for hydroxylation is 1. The van der Waals surface area contributed by atoms with E-state index < -0.39 is 28.3 Å². The lowest BCUT2D eigenvalue weighted by Crippen LogP contribution is -2.41. The maximum absolute atomic E-state index is 13.4. The van der Waals surface area contributed by atoms with Crippen LogP contribution in [0.25, 0.3) is 0 Å². The molecule has 0 heterocycles. The number of hydrogen-bond acceptors (Lipinski definition) is 3. The van der Waals surface area contributed by atoms with Crippen LogP contribution in [0, 0.1) is 12.7 Å². The zero-order valence-electron chi connectivity index (χ0n) is 15.4. The van der Waals surface area contributed by atoms with Crippen molar-refractivity contribution in [2.45, 2.75) is 26.3 Å². The van der Waals surface area contributed by atoms with Crippen LogP contribution in [-0.4, -0.2) is 27.1 Å². The maximum atomic E-state index is 13.4. The Bertz CT molecular complexity index is 917. The largest absolute Gasteiger partial charge is 0.348 e. The standard InChI is InChI=1S/C19H22ClFN2O3S/c1-4-18(14-7-5-13(2)6-8-14)22-19(24)12-23(27(3,25)26)15-9-10-17(21)16(20)11-15/h5-11,18H,4,12H2,1-3H3,(H,22,24)/t18-/m0/s1. The van der Waals surface area contributed by atoms with E-state index >= 15 is 0 Å². The normalized spacial score (nSPS) is 12.5. The molecule has 0 saturated heterocycles. The highest BCUT2D eigenvalue weighted by Crippen LogP contribution is 2.24. The molecule has 0 unspecified atom stereocenters. The summed E-state index contributed by atoms with van der Waals surface area (Å²) >= 11 is 5.75. The highest BCUT2D eigenvalue weighted by Gasteiger charge is 2.23. The summed E-state index contributed by atoms with van der Waals surface area (Å²) in [4.78, 5) is 12.5. The minimum Gasteiger partial charge on any atom is -0.348 e. The fourth-order valence-corrected chi connectivity index (χ4v) is 3.65. The Balaban J connectivity index is 2.20. The summed E-state index contributed by atoms with van der Waals surface area (Å²) < 4.78 is 38.5. The van der Waals surface area contributed by atoms with Gasteiger partial charge in [0.15, 0.2) is 0 Å². The van der Waals surface area contributed by atoms with Gasteiger partial charge in [0.1, 0.15) is 12.4 Å². The zero-order chi connectivity index (χ0) is 20.2. The molecule has 0 fully saturated rings. The maximum Gasteiger partial charge on any atom is 0.241 e. The molecule has 0 aliphatic carbocycles. The lowest BCUT2D eigenvalue weighted by atomic mass is 10.0. The van der Waals surface area contributed by atoms with Crippen LogP contribution in [0.15, 0.2) is 42.5 Å². The molecule has 2 aromatic rings. The highest BCUT2D eigenvalue weighted by atomic mass is 35.5. The molecule has 2 aromatic carbocycles. The number of hydrogen-bond donors (Lipinski definition) is 1. The number of amides is 1. The summed E-state index contributed by atoms with van der Waals surface area (Å²) in [5, 5.41) is 2.63. The Morgan fingerprint density at radius 3 is 2.37 bits per heavy atom. The molecule has 0 radical (unpaired) electrons. The molecule has 0 aromatic heterocycles. The molecule has 0 bridgehead atoms. The lowest BCUT2D eigenvalue weighted by molar-refractivity contribution is -0.120. The van der Waals surface area contributed by atoms with Crippen molar-refractivity contribution in [3.8, 4) is 0 Å². The number of carbonyl (C=O) groups excluding carboxylic acids is 1. The molecule has 146 valence electrons. The van der Waals surface area contributed by atoms with Crippen LogP contribution in [0.1, 0.15) is 30.5 Å². The van der Waals surface area contributed by atoms with E-state index in [1.165, 1.54) is 12.1 Å². The molecular weight excluding hydrogens is 391 g/mol. The van der Waals surface area contributed by atoms with Crippen molar-refractivity contribution in [1.29, 1.82) is 0 Å². The number of anilines is 1. The average molecular weight is 413 g/mol. The number of carbonyl (C=O) groups is 1. The molecule has 1 amide bonds. The fourth-order valence-electron chi connectivity index (χ4n) is 2.63. The van der Waals surface area contributed by atoms with Crippen LogP contribution in [0.2, 0.25) is 5.02 Å². The first kappa shape index (κ1) is 21.2. The van der Waals surface area contributed by atoms with Gasteiger partial charge in [0.05, 0.1) is 23.0 Å². The third-order valence-electron chi connectivity index (χ3n) is 4.10. The van der Waals surface area contributed by atoms with Crippen molar-refractivity contribution in [3.05, 3.63) is 64.4 Å². The molecule has 8 heteroatoms. The third kappa shape index (κ3) is 5.68. The van der Waals surface area contributed by atoms with Gasteiger partial charge in [0.25, 0.3) is 0 Å². The zero-order valence-corrected chi connectivity index (χ0v) is 16.9. The molecule has 2 rings (SSSR count). The Morgan fingerprint density at radius 2 is 1.85 bits per heavy atom. The number of halogens is 2. The van der Waals surface area contributed by atoms with E-state index in [2.05, 4.69) is 5.32 Å². The number of benzene rings is 2. The van der Waals surface area contributed by atoms with Gasteiger partial charge in [-0.25, -0.2) is 12.8 Å². The second-order valence-electron chi connectivity index (χ2n) is 6.31. The third-order valence-corrected chi connectivity index (χ3v) is 5.53. The summed E-state index contributed by atoms with van der Waals surface area (Å²) in [7, 11) is -3.76. The number of rotatable bonds is 7. The van der Waals surface area contributed by atoms with Gasteiger partial charge in [-0.2, -0.15) is 0 Å². The lowest BCUT2D eigenvalue weighted by Gasteiger charge is -2.24. The van der Waals surface area contributed by atoms with Gasteiger partial charge < -0.3 is 5.32 Å². The van der Waals surface area contributed by atoms with Crippen LogP contribution >= 0.6 is 11.6 Å². The van der Waals surface area contributed by atoms with Gasteiger partial charge in [-0.3, -0.25) is 9.10 Å². The second kappa shape index (κ2) is 8.71. The molecule has 0 spiro atoms. The minimum atomic E-state index is -3.76. The summed E-state index contributed by atoms with van der Waals surface area (Å²) in [5.74, 6) is -1.13. The molecule has 0 saturated carbocycles. The first-order valence-electron chi connectivity index (χ1n) is 8.40. The summed E-state index contributed by atoms with van der Waals surface area (Å²) in [6.07, 6.45) is 1.63. The molecule has 0 aliphatic heterocycles. The van der Waals surface area contributed by atoms with Crippen LogP contribution in [0.4, 0.5) is 10.1 Å². The molecular formula is C19H22ClFN2O3S. The van der Waals surface area contributed by atoms with Crippen molar-refractivity contribution < 1.29 is 17.6 Å². The van der Waals surface area contributed by atoms with E-state index in [1.807, 2.05) is 38.1 Å². The Hall–Kier alpha value is -2.12. The van der Waals surface area contributed by atoms with E-state index in [1.54, 1.807) is 0 Å². The number of nitrogens with zero attached hydrogens (tertiary/aromatic N) is 1. The van der Waals surface area contributed by atoms with Gasteiger partial charge in [0, 0.05) is 0 Å². The topological polar surface area (TPSA) is 66.5 Å². The van der Waals surface area contributed by atoms with E-state index in [0.717, 1.165) is 27.8 Å². The molecule has 1 atom stereocenters. The summed E-state index contributed by atoms with van der Waals surface area (Å²) in [6.45, 7) is 3.48. The number of nitrogens with one attached hydrogen (secondary N) is 1. The predicted molar refractivity (Wildman–Crippen MR) is 106 cm³/mol. The van der Waals surface area contributed by atoms with E-state index in [-0.39, 0.29) is 16.8 Å². The van der Waals surface area contributed by atoms with E-state index in [0.29, 0.717) is 6.42 Å². The van der Waals surface area contributed by atoms with Gasteiger partial charge in [-0.15, -0.1) is 0 Å². The smallest absolute Gasteiger partial charge is 0.241 e. The van der Waals surface area contributed by atoms with Gasteiger partial charge >= 0.3 is 0 Å². The van der Waals surface area contributed by atoms with Gasteiger partial charge in [-0.1, -0.05) is 48.4 Å². The molecule has 27 heavy (non-hydrogen) atoms. The van der Waals surface area contributed by atoms with Crippen LogP contribution in [0.5, 0.6) is 0 Å². The molecule has 0 aliphatic rings. The van der Waals surface area contributed by atoms with Crippen molar-refractivity contribution in [3.63, 3.8) is 0 Å². The average Bonchev–Trinajstić information content (AvgIpc) is 2.60. The van der Waals surface area contributed by atoms with Crippen LogP contribution < -0.4 is 9.62 Å². The quantitative estimate of drug-likeness (QED) is 0.751. The van der Waals surface area contributed by atoms with E-state index in [9.17, 15) is 17.6 Å². The minimum absolute atomic E-state index is 0.127. The van der Waals surface area contributed by atoms with Gasteiger partial charge in [-0.05, 0) is 37.1 Å². The Morgan fingerprint density at radius 1 is 1.22 bits per heavy atom.